The molecule has 1 aliphatic rings. The minimum Gasteiger partial charge on any atom is -0.495 e. The lowest BCUT2D eigenvalue weighted by atomic mass is 10.2. The van der Waals surface area contributed by atoms with Crippen LogP contribution in [0, 0.1) is 6.92 Å². The zero-order valence-corrected chi connectivity index (χ0v) is 16.8. The first-order chi connectivity index (χ1) is 13.5. The van der Waals surface area contributed by atoms with Gasteiger partial charge in [0.1, 0.15) is 11.0 Å². The monoisotopic (exact) mass is 416 g/mol. The molecule has 0 N–H and O–H groups in total. The molecule has 0 amide bonds. The molecule has 0 spiro atoms. The Bertz CT molecular complexity index is 1140. The minimum absolute atomic E-state index is 0.251. The number of thioether (sulfide) groups is 1. The van der Waals surface area contributed by atoms with Gasteiger partial charge in [-0.1, -0.05) is 29.4 Å². The zero-order valence-electron chi connectivity index (χ0n) is 15.3. The van der Waals surface area contributed by atoms with Crippen LogP contribution in [0.2, 0.25) is 5.02 Å². The summed E-state index contributed by atoms with van der Waals surface area (Å²) in [5.41, 5.74) is 1.77. The molecule has 6 nitrogen and oxygen atoms in total. The first-order valence-electron chi connectivity index (χ1n) is 8.68. The van der Waals surface area contributed by atoms with Gasteiger partial charge in [0.05, 0.1) is 30.3 Å². The molecule has 1 atom stereocenters. The lowest BCUT2D eigenvalue weighted by molar-refractivity contribution is -0.137. The number of halogens is 1. The van der Waals surface area contributed by atoms with Crippen LogP contribution in [0.15, 0.2) is 46.3 Å². The fourth-order valence-electron chi connectivity index (χ4n) is 3.12. The molecule has 0 saturated carbocycles. The number of rotatable bonds is 4. The number of benzene rings is 2. The van der Waals surface area contributed by atoms with Crippen LogP contribution >= 0.6 is 23.4 Å². The van der Waals surface area contributed by atoms with Crippen LogP contribution in [0.1, 0.15) is 12.0 Å². The standard InChI is InChI=1S/C20H17ClN2O4S/c1-11-3-6-16(26-2)15(9-11)23-18(24)13-5-4-12(21)10-14(13)22-20(23)28-17-7-8-27-19(17)25/h3-6,9-10,17H,7-8H2,1-2H3/t17-/m1/s1. The van der Waals surface area contributed by atoms with Gasteiger partial charge in [0, 0.05) is 11.4 Å². The Morgan fingerprint density at radius 1 is 1.25 bits per heavy atom. The maximum Gasteiger partial charge on any atom is 0.319 e. The van der Waals surface area contributed by atoms with E-state index in [1.807, 2.05) is 19.1 Å². The average Bonchev–Trinajstić information content (AvgIpc) is 3.06. The highest BCUT2D eigenvalue weighted by Crippen LogP contribution is 2.33. The van der Waals surface area contributed by atoms with Crippen LogP contribution in [0.25, 0.3) is 16.6 Å². The highest BCUT2D eigenvalue weighted by Gasteiger charge is 2.30. The van der Waals surface area contributed by atoms with Gasteiger partial charge in [-0.2, -0.15) is 0 Å². The van der Waals surface area contributed by atoms with E-state index in [1.165, 1.54) is 16.3 Å². The van der Waals surface area contributed by atoms with Crippen LogP contribution in [-0.4, -0.2) is 34.5 Å². The molecule has 0 radical (unpaired) electrons. The number of aryl methyl sites for hydroxylation is 1. The van der Waals surface area contributed by atoms with Crippen molar-refractivity contribution < 1.29 is 14.3 Å². The number of esters is 1. The molecule has 1 aliphatic heterocycles. The van der Waals surface area contributed by atoms with Crippen molar-refractivity contribution >= 4 is 40.2 Å². The second kappa shape index (κ2) is 7.48. The molecule has 0 bridgehead atoms. The minimum atomic E-state index is -0.411. The topological polar surface area (TPSA) is 70.4 Å². The number of methoxy groups -OCH3 is 1. The number of hydrogen-bond acceptors (Lipinski definition) is 6. The van der Waals surface area contributed by atoms with Gasteiger partial charge in [0.2, 0.25) is 0 Å². The summed E-state index contributed by atoms with van der Waals surface area (Å²) < 4.78 is 12.0. The predicted octanol–water partition coefficient (Wildman–Crippen LogP) is 3.76. The Hall–Kier alpha value is -2.51. The molecular weight excluding hydrogens is 400 g/mol. The Labute approximate surface area is 170 Å². The van der Waals surface area contributed by atoms with Crippen LogP contribution in [-0.2, 0) is 9.53 Å². The lowest BCUT2D eigenvalue weighted by Gasteiger charge is -2.17. The van der Waals surface area contributed by atoms with E-state index in [9.17, 15) is 9.59 Å². The third kappa shape index (κ3) is 3.36. The smallest absolute Gasteiger partial charge is 0.319 e. The van der Waals surface area contributed by atoms with Crippen molar-refractivity contribution in [3.8, 4) is 11.4 Å². The van der Waals surface area contributed by atoms with Gasteiger partial charge in [0.25, 0.3) is 5.56 Å². The van der Waals surface area contributed by atoms with Crippen molar-refractivity contribution in [1.29, 1.82) is 0 Å². The Kier molecular flexibility index (Phi) is 5.03. The summed E-state index contributed by atoms with van der Waals surface area (Å²) in [6.07, 6.45) is 0.567. The summed E-state index contributed by atoms with van der Waals surface area (Å²) in [6, 6.07) is 10.5. The maximum atomic E-state index is 13.4. The van der Waals surface area contributed by atoms with E-state index >= 15 is 0 Å². The van der Waals surface area contributed by atoms with E-state index < -0.39 is 5.25 Å². The van der Waals surface area contributed by atoms with E-state index in [0.29, 0.717) is 45.5 Å². The number of carbonyl (C=O) groups excluding carboxylic acids is 1. The predicted molar refractivity (Wildman–Crippen MR) is 109 cm³/mol. The number of carbonyl (C=O) groups is 1. The molecule has 4 rings (SSSR count). The van der Waals surface area contributed by atoms with E-state index in [0.717, 1.165) is 5.56 Å². The molecule has 0 unspecified atom stereocenters. The maximum absolute atomic E-state index is 13.4. The third-order valence-electron chi connectivity index (χ3n) is 4.51. The van der Waals surface area contributed by atoms with Gasteiger partial charge in [-0.15, -0.1) is 0 Å². The molecule has 1 saturated heterocycles. The fraction of sp³-hybridized carbons (Fsp3) is 0.250. The zero-order chi connectivity index (χ0) is 19.8. The summed E-state index contributed by atoms with van der Waals surface area (Å²) in [6.45, 7) is 2.30. The normalized spacial score (nSPS) is 16.4. The van der Waals surface area contributed by atoms with Crippen LogP contribution in [0.5, 0.6) is 5.75 Å². The molecule has 144 valence electrons. The van der Waals surface area contributed by atoms with Gasteiger partial charge in [-0.05, 0) is 42.8 Å². The molecule has 1 aromatic heterocycles. The van der Waals surface area contributed by atoms with E-state index in [1.54, 1.807) is 31.4 Å². The average molecular weight is 417 g/mol. The van der Waals surface area contributed by atoms with Gasteiger partial charge >= 0.3 is 5.97 Å². The first-order valence-corrected chi connectivity index (χ1v) is 9.94. The van der Waals surface area contributed by atoms with Crippen LogP contribution in [0.3, 0.4) is 0 Å². The molecule has 3 aromatic rings. The Balaban J connectivity index is 2.00. The highest BCUT2D eigenvalue weighted by molar-refractivity contribution is 8.00. The molecule has 1 fully saturated rings. The van der Waals surface area contributed by atoms with Crippen molar-refractivity contribution in [2.45, 2.75) is 23.8 Å². The number of cyclic esters (lactones) is 1. The summed E-state index contributed by atoms with van der Waals surface area (Å²) in [4.78, 5) is 30.0. The molecule has 8 heteroatoms. The fourth-order valence-corrected chi connectivity index (χ4v) is 4.35. The van der Waals surface area contributed by atoms with Crippen molar-refractivity contribution in [3.05, 3.63) is 57.3 Å². The number of aromatic nitrogens is 2. The van der Waals surface area contributed by atoms with Gasteiger partial charge < -0.3 is 9.47 Å². The number of hydrogen-bond donors (Lipinski definition) is 0. The molecule has 2 aromatic carbocycles. The molecule has 2 heterocycles. The van der Waals surface area contributed by atoms with Crippen molar-refractivity contribution in [1.82, 2.24) is 9.55 Å². The Morgan fingerprint density at radius 2 is 2.07 bits per heavy atom. The number of ether oxygens (including phenoxy) is 2. The van der Waals surface area contributed by atoms with Gasteiger partial charge in [0.15, 0.2) is 5.16 Å². The molecular formula is C20H17ClN2O4S. The van der Waals surface area contributed by atoms with E-state index in [2.05, 4.69) is 4.98 Å². The third-order valence-corrected chi connectivity index (χ3v) is 5.94. The second-order valence-corrected chi connectivity index (χ2v) is 8.04. The first kappa shape index (κ1) is 18.8. The van der Waals surface area contributed by atoms with Crippen molar-refractivity contribution in [3.63, 3.8) is 0 Å². The van der Waals surface area contributed by atoms with Crippen molar-refractivity contribution in [2.75, 3.05) is 13.7 Å². The summed E-state index contributed by atoms with van der Waals surface area (Å²) in [5, 5.41) is 0.908. The SMILES string of the molecule is COc1ccc(C)cc1-n1c(S[C@@H]2CCOC2=O)nc2cc(Cl)ccc2c1=O. The van der Waals surface area contributed by atoms with Gasteiger partial charge in [-0.25, -0.2) is 4.98 Å². The van der Waals surface area contributed by atoms with E-state index in [4.69, 9.17) is 21.1 Å². The molecule has 28 heavy (non-hydrogen) atoms. The quantitative estimate of drug-likeness (QED) is 0.476. The number of nitrogens with zero attached hydrogens (tertiary/aromatic N) is 2. The lowest BCUT2D eigenvalue weighted by Crippen LogP contribution is -2.24. The second-order valence-electron chi connectivity index (χ2n) is 6.43. The van der Waals surface area contributed by atoms with Crippen LogP contribution < -0.4 is 10.3 Å². The summed E-state index contributed by atoms with van der Waals surface area (Å²) in [5.74, 6) is 0.242. The largest absolute Gasteiger partial charge is 0.495 e. The van der Waals surface area contributed by atoms with E-state index in [-0.39, 0.29) is 11.5 Å². The Morgan fingerprint density at radius 3 is 2.79 bits per heavy atom. The number of fused-ring (bicyclic) bond motifs is 1. The summed E-state index contributed by atoms with van der Waals surface area (Å²) >= 11 is 7.31. The summed E-state index contributed by atoms with van der Waals surface area (Å²) in [7, 11) is 1.55. The van der Waals surface area contributed by atoms with Gasteiger partial charge in [-0.3, -0.25) is 14.2 Å². The van der Waals surface area contributed by atoms with Crippen LogP contribution in [0.4, 0.5) is 0 Å². The molecule has 0 aliphatic carbocycles. The highest BCUT2D eigenvalue weighted by atomic mass is 35.5. The van der Waals surface area contributed by atoms with Crippen molar-refractivity contribution in [2.24, 2.45) is 0 Å².